The van der Waals surface area contributed by atoms with Crippen LogP contribution in [0.5, 0.6) is 0 Å². The number of aromatic nitrogens is 1. The number of hydrogen-bond acceptors (Lipinski definition) is 4. The van der Waals surface area contributed by atoms with Gasteiger partial charge in [-0.05, 0) is 30.2 Å². The van der Waals surface area contributed by atoms with Gasteiger partial charge < -0.3 is 25.2 Å². The van der Waals surface area contributed by atoms with E-state index in [2.05, 4.69) is 4.98 Å². The molecule has 1 fully saturated rings. The molecule has 162 valence electrons. The summed E-state index contributed by atoms with van der Waals surface area (Å²) >= 11 is 6.18. The fourth-order valence-electron chi connectivity index (χ4n) is 3.75. The largest absolute Gasteiger partial charge is 0.483 e. The molecular weight excluding hydrogens is 424 g/mol. The Labute approximate surface area is 182 Å². The number of aliphatic hydroxyl groups excluding tert-OH is 1. The highest BCUT2D eigenvalue weighted by Gasteiger charge is 2.36. The molecule has 9 heteroatoms. The van der Waals surface area contributed by atoms with Gasteiger partial charge in [-0.2, -0.15) is 0 Å². The molecule has 4 N–H and O–H groups in total. The number of aromatic amines is 1. The van der Waals surface area contributed by atoms with E-state index >= 15 is 0 Å². The van der Waals surface area contributed by atoms with Crippen molar-refractivity contribution >= 4 is 40.9 Å². The van der Waals surface area contributed by atoms with Gasteiger partial charge in [0.15, 0.2) is 0 Å². The molecule has 8 nitrogen and oxygen atoms in total. The van der Waals surface area contributed by atoms with Crippen molar-refractivity contribution in [2.75, 3.05) is 13.1 Å². The molecular formula is C22H21ClN2O6. The molecule has 1 saturated heterocycles. The number of H-pyrrole nitrogens is 1. The van der Waals surface area contributed by atoms with Gasteiger partial charge in [-0.15, -0.1) is 0 Å². The molecule has 2 heterocycles. The molecule has 31 heavy (non-hydrogen) atoms. The predicted molar refractivity (Wildman–Crippen MR) is 115 cm³/mol. The summed E-state index contributed by atoms with van der Waals surface area (Å²) < 4.78 is 0. The highest BCUT2D eigenvalue weighted by Crippen LogP contribution is 2.35. The Morgan fingerprint density at radius 2 is 1.84 bits per heavy atom. The number of amides is 1. The van der Waals surface area contributed by atoms with Crippen molar-refractivity contribution in [3.8, 4) is 11.1 Å². The molecule has 0 bridgehead atoms. The summed E-state index contributed by atoms with van der Waals surface area (Å²) in [7, 11) is 0. The van der Waals surface area contributed by atoms with E-state index in [4.69, 9.17) is 21.5 Å². The van der Waals surface area contributed by atoms with Crippen LogP contribution in [0.4, 0.5) is 0 Å². The monoisotopic (exact) mass is 444 g/mol. The van der Waals surface area contributed by atoms with Crippen LogP contribution in [0.25, 0.3) is 22.0 Å². The molecule has 0 unspecified atom stereocenters. The van der Waals surface area contributed by atoms with Gasteiger partial charge in [0.05, 0.1) is 6.10 Å². The number of carbonyl (C=O) groups excluding carboxylic acids is 1. The quantitative estimate of drug-likeness (QED) is 0.459. The van der Waals surface area contributed by atoms with Crippen molar-refractivity contribution in [2.45, 2.75) is 12.5 Å². The van der Waals surface area contributed by atoms with Gasteiger partial charge in [-0.25, -0.2) is 0 Å². The third kappa shape index (κ3) is 4.70. The number of carbonyl (C=O) groups is 3. The average Bonchev–Trinajstić information content (AvgIpc) is 3.13. The highest BCUT2D eigenvalue weighted by molar-refractivity contribution is 6.31. The molecule has 2 aromatic carbocycles. The fourth-order valence-corrected chi connectivity index (χ4v) is 3.93. The zero-order chi connectivity index (χ0) is 22.5. The maximum Gasteiger partial charge on any atom is 0.310 e. The van der Waals surface area contributed by atoms with Gasteiger partial charge in [0, 0.05) is 34.6 Å². The van der Waals surface area contributed by atoms with E-state index in [-0.39, 0.29) is 25.3 Å². The Morgan fingerprint density at radius 3 is 2.48 bits per heavy atom. The number of nitrogens with one attached hydrogen (secondary N) is 1. The molecule has 1 amide bonds. The number of likely N-dealkylation sites (tertiary alicyclic amines) is 1. The number of aliphatic hydroxyl groups is 1. The number of piperidine rings is 1. The molecule has 1 aliphatic rings. The van der Waals surface area contributed by atoms with Crippen LogP contribution in [0.3, 0.4) is 0 Å². The Morgan fingerprint density at radius 1 is 1.16 bits per heavy atom. The summed E-state index contributed by atoms with van der Waals surface area (Å²) in [4.78, 5) is 37.8. The van der Waals surface area contributed by atoms with E-state index in [0.717, 1.165) is 22.0 Å². The molecule has 1 aliphatic heterocycles. The zero-order valence-corrected chi connectivity index (χ0v) is 17.1. The minimum absolute atomic E-state index is 0.0281. The fraction of sp³-hybridized carbons (Fsp3) is 0.227. The lowest BCUT2D eigenvalue weighted by molar-refractivity contribution is -0.148. The van der Waals surface area contributed by atoms with E-state index in [0.29, 0.717) is 17.3 Å². The smallest absolute Gasteiger partial charge is 0.310 e. The Kier molecular flexibility index (Phi) is 6.94. The Bertz CT molecular complexity index is 1100. The number of rotatable bonds is 3. The summed E-state index contributed by atoms with van der Waals surface area (Å²) in [5, 5.41) is 27.6. The average molecular weight is 445 g/mol. The number of carboxylic acids is 1. The maximum absolute atomic E-state index is 13.3. The molecule has 0 radical (unpaired) electrons. The maximum atomic E-state index is 13.3. The van der Waals surface area contributed by atoms with Crippen LogP contribution in [-0.4, -0.2) is 62.7 Å². The van der Waals surface area contributed by atoms with Crippen molar-refractivity contribution in [3.63, 3.8) is 0 Å². The number of benzene rings is 2. The third-order valence-corrected chi connectivity index (χ3v) is 5.45. The van der Waals surface area contributed by atoms with Crippen molar-refractivity contribution in [3.05, 3.63) is 59.2 Å². The van der Waals surface area contributed by atoms with Crippen molar-refractivity contribution in [1.29, 1.82) is 0 Å². The molecule has 3 aromatic rings. The molecule has 4 rings (SSSR count). The molecule has 0 aliphatic carbocycles. The van der Waals surface area contributed by atoms with Crippen LogP contribution in [0.2, 0.25) is 5.02 Å². The SMILES string of the molecule is O=C(O)[C@@H]1CN(C(=O)c2[nH]c3ccc(Cl)cc3c2-c2ccccc2)CC[C@@H]1O.O=CO. The van der Waals surface area contributed by atoms with E-state index in [1.807, 2.05) is 42.5 Å². The van der Waals surface area contributed by atoms with Gasteiger partial charge in [0.1, 0.15) is 11.6 Å². The first-order chi connectivity index (χ1) is 14.9. The Hall–Kier alpha value is -3.36. The first-order valence-corrected chi connectivity index (χ1v) is 9.89. The van der Waals surface area contributed by atoms with Crippen LogP contribution in [0.15, 0.2) is 48.5 Å². The van der Waals surface area contributed by atoms with Crippen molar-refractivity contribution in [2.24, 2.45) is 5.92 Å². The van der Waals surface area contributed by atoms with E-state index in [9.17, 15) is 19.8 Å². The van der Waals surface area contributed by atoms with E-state index in [1.54, 1.807) is 6.07 Å². The number of carboxylic acid groups (broad SMARTS) is 2. The van der Waals surface area contributed by atoms with Gasteiger partial charge in [0.2, 0.25) is 0 Å². The van der Waals surface area contributed by atoms with Gasteiger partial charge in [-0.3, -0.25) is 14.4 Å². The topological polar surface area (TPSA) is 131 Å². The standard InChI is InChI=1S/C21H19ClN2O4.CH2O2/c22-13-6-7-16-14(10-13)18(12-4-2-1-3-5-12)19(23-16)20(26)24-9-8-17(25)15(11-24)21(27)28;2-1-3/h1-7,10,15,17,23,25H,8-9,11H2,(H,27,28);1H,(H,2,3)/t15-,17+;/m1./s1. The molecule has 1 aromatic heterocycles. The van der Waals surface area contributed by atoms with Gasteiger partial charge >= 0.3 is 5.97 Å². The summed E-state index contributed by atoms with van der Waals surface area (Å²) in [5.74, 6) is -2.38. The van der Waals surface area contributed by atoms with Crippen molar-refractivity contribution in [1.82, 2.24) is 9.88 Å². The number of fused-ring (bicyclic) bond motifs is 1. The number of aliphatic carboxylic acids is 1. The normalized spacial score (nSPS) is 18.2. The molecule has 0 spiro atoms. The lowest BCUT2D eigenvalue weighted by Crippen LogP contribution is -2.48. The van der Waals surface area contributed by atoms with Gasteiger partial charge in [0.25, 0.3) is 12.4 Å². The third-order valence-electron chi connectivity index (χ3n) is 5.22. The second-order valence-electron chi connectivity index (χ2n) is 7.09. The summed E-state index contributed by atoms with van der Waals surface area (Å²) in [5.41, 5.74) is 2.77. The van der Waals surface area contributed by atoms with Crippen LogP contribution < -0.4 is 0 Å². The van der Waals surface area contributed by atoms with Gasteiger partial charge in [-0.1, -0.05) is 41.9 Å². The Balaban J connectivity index is 0.000000858. The second kappa shape index (κ2) is 9.63. The lowest BCUT2D eigenvalue weighted by Gasteiger charge is -2.34. The van der Waals surface area contributed by atoms with Crippen LogP contribution >= 0.6 is 11.6 Å². The van der Waals surface area contributed by atoms with Crippen molar-refractivity contribution < 1.29 is 29.7 Å². The lowest BCUT2D eigenvalue weighted by atomic mass is 9.94. The van der Waals surface area contributed by atoms with Crippen LogP contribution in [0, 0.1) is 5.92 Å². The number of nitrogens with zero attached hydrogens (tertiary/aromatic N) is 1. The minimum Gasteiger partial charge on any atom is -0.483 e. The first kappa shape index (κ1) is 22.3. The predicted octanol–water partition coefficient (Wildman–Crippen LogP) is 3.10. The van der Waals surface area contributed by atoms with E-state index < -0.39 is 18.0 Å². The van der Waals surface area contributed by atoms with E-state index in [1.165, 1.54) is 4.90 Å². The van der Waals surface area contributed by atoms with Crippen LogP contribution in [-0.2, 0) is 9.59 Å². The summed E-state index contributed by atoms with van der Waals surface area (Å²) in [6.45, 7) is 0.0216. The first-order valence-electron chi connectivity index (χ1n) is 9.52. The highest BCUT2D eigenvalue weighted by atomic mass is 35.5. The number of halogens is 1. The summed E-state index contributed by atoms with van der Waals surface area (Å²) in [6, 6.07) is 14.9. The molecule has 2 atom stereocenters. The summed E-state index contributed by atoms with van der Waals surface area (Å²) in [6.07, 6.45) is -0.716. The number of hydrogen-bond donors (Lipinski definition) is 4. The second-order valence-corrected chi connectivity index (χ2v) is 7.52. The molecule has 0 saturated carbocycles. The zero-order valence-electron chi connectivity index (χ0n) is 16.4. The van der Waals surface area contributed by atoms with Crippen LogP contribution in [0.1, 0.15) is 16.9 Å². The minimum atomic E-state index is -1.10.